The Morgan fingerprint density at radius 3 is 2.65 bits per heavy atom. The van der Waals surface area contributed by atoms with Gasteiger partial charge >= 0.3 is 0 Å². The van der Waals surface area contributed by atoms with Crippen LogP contribution in [0.2, 0.25) is 0 Å². The molecular formula is C18H13NO3S. The van der Waals surface area contributed by atoms with Crippen LogP contribution in [0.15, 0.2) is 48.5 Å². The molecule has 0 amide bonds. The lowest BCUT2D eigenvalue weighted by Gasteiger charge is -2.31. The molecule has 0 unspecified atom stereocenters. The number of carbonyl (C=O) groups is 1. The third kappa shape index (κ3) is 1.92. The molecule has 0 radical (unpaired) electrons. The van der Waals surface area contributed by atoms with Crippen molar-refractivity contribution in [2.24, 2.45) is 0 Å². The van der Waals surface area contributed by atoms with Crippen LogP contribution in [0.1, 0.15) is 26.7 Å². The van der Waals surface area contributed by atoms with Gasteiger partial charge in [0.1, 0.15) is 11.9 Å². The van der Waals surface area contributed by atoms with Crippen molar-refractivity contribution in [1.29, 1.82) is 5.26 Å². The number of fused-ring (bicyclic) bond motifs is 1. The smallest absolute Gasteiger partial charge is 0.214 e. The van der Waals surface area contributed by atoms with Crippen molar-refractivity contribution in [3.8, 4) is 11.8 Å². The zero-order valence-electron chi connectivity index (χ0n) is 12.1. The molecule has 1 saturated heterocycles. The van der Waals surface area contributed by atoms with Gasteiger partial charge in [0.05, 0.1) is 22.4 Å². The standard InChI is InChI=1S/C18H13NO3S/c19-9-11-5-7-12(8-6-11)17-18(15(20)10-23-17)16(21)13-3-1-2-4-14(13)22-18/h1-8,15,17,20H,10H2/t15-,17-,18+/m0/s1. The first kappa shape index (κ1) is 14.3. The monoisotopic (exact) mass is 323 g/mol. The molecule has 1 N–H and O–H groups in total. The lowest BCUT2D eigenvalue weighted by Crippen LogP contribution is -2.51. The van der Waals surface area contributed by atoms with Gasteiger partial charge in [0.2, 0.25) is 11.4 Å². The maximum absolute atomic E-state index is 13.0. The SMILES string of the molecule is N#Cc1ccc([C@@H]2SC[C@H](O)[C@]23Oc2ccccc2C3=O)cc1. The van der Waals surface area contributed by atoms with Gasteiger partial charge in [-0.3, -0.25) is 4.79 Å². The second-order valence-electron chi connectivity index (χ2n) is 5.68. The van der Waals surface area contributed by atoms with Gasteiger partial charge in [-0.05, 0) is 29.8 Å². The number of carbonyl (C=O) groups excluding carboxylic acids is 1. The number of aliphatic hydroxyl groups is 1. The largest absolute Gasteiger partial charge is 0.474 e. The highest BCUT2D eigenvalue weighted by molar-refractivity contribution is 8.00. The number of rotatable bonds is 1. The zero-order chi connectivity index (χ0) is 16.0. The summed E-state index contributed by atoms with van der Waals surface area (Å²) in [5.41, 5.74) is 0.690. The van der Waals surface area contributed by atoms with Crippen LogP contribution < -0.4 is 4.74 Å². The quantitative estimate of drug-likeness (QED) is 0.874. The summed E-state index contributed by atoms with van der Waals surface area (Å²) in [7, 11) is 0. The van der Waals surface area contributed by atoms with E-state index < -0.39 is 11.7 Å². The van der Waals surface area contributed by atoms with Gasteiger partial charge in [0.25, 0.3) is 0 Å². The second-order valence-corrected chi connectivity index (χ2v) is 6.82. The van der Waals surface area contributed by atoms with Crippen LogP contribution in [-0.4, -0.2) is 28.3 Å². The summed E-state index contributed by atoms with van der Waals surface area (Å²) in [6.45, 7) is 0. The highest BCUT2D eigenvalue weighted by Crippen LogP contribution is 2.54. The molecule has 0 aliphatic carbocycles. The van der Waals surface area contributed by atoms with E-state index in [1.807, 2.05) is 18.2 Å². The fourth-order valence-corrected chi connectivity index (χ4v) is 4.79. The van der Waals surface area contributed by atoms with Crippen molar-refractivity contribution in [3.05, 3.63) is 65.2 Å². The Morgan fingerprint density at radius 2 is 1.96 bits per heavy atom. The predicted octanol–water partition coefficient (Wildman–Crippen LogP) is 2.72. The van der Waals surface area contributed by atoms with Crippen LogP contribution in [0.4, 0.5) is 0 Å². The van der Waals surface area contributed by atoms with Gasteiger partial charge in [0.15, 0.2) is 0 Å². The molecule has 5 heteroatoms. The van der Waals surface area contributed by atoms with Gasteiger partial charge in [-0.1, -0.05) is 24.3 Å². The third-order valence-corrected chi connectivity index (χ3v) is 5.88. The van der Waals surface area contributed by atoms with E-state index in [4.69, 9.17) is 10.00 Å². The normalized spacial score (nSPS) is 28.4. The lowest BCUT2D eigenvalue weighted by atomic mass is 9.84. The molecule has 0 saturated carbocycles. The topological polar surface area (TPSA) is 70.3 Å². The molecule has 1 spiro atoms. The van der Waals surface area contributed by atoms with E-state index in [0.29, 0.717) is 22.6 Å². The first-order valence-corrected chi connectivity index (χ1v) is 8.34. The Labute approximate surface area is 137 Å². The number of hydrogen-bond donors (Lipinski definition) is 1. The van der Waals surface area contributed by atoms with Crippen molar-refractivity contribution in [2.75, 3.05) is 5.75 Å². The molecule has 114 valence electrons. The summed E-state index contributed by atoms with van der Waals surface area (Å²) < 4.78 is 6.02. The average Bonchev–Trinajstić information content (AvgIpc) is 3.07. The number of para-hydroxylation sites is 1. The van der Waals surface area contributed by atoms with Crippen LogP contribution in [-0.2, 0) is 0 Å². The summed E-state index contributed by atoms with van der Waals surface area (Å²) in [4.78, 5) is 13.0. The molecule has 2 heterocycles. The first-order chi connectivity index (χ1) is 11.2. The van der Waals surface area contributed by atoms with Gasteiger partial charge < -0.3 is 9.84 Å². The van der Waals surface area contributed by atoms with Crippen molar-refractivity contribution < 1.29 is 14.6 Å². The number of nitrogens with zero attached hydrogens (tertiary/aromatic N) is 1. The molecular weight excluding hydrogens is 310 g/mol. The van der Waals surface area contributed by atoms with E-state index in [-0.39, 0.29) is 11.0 Å². The number of hydrogen-bond acceptors (Lipinski definition) is 5. The van der Waals surface area contributed by atoms with E-state index in [0.717, 1.165) is 5.56 Å². The minimum Gasteiger partial charge on any atom is -0.474 e. The van der Waals surface area contributed by atoms with Gasteiger partial charge in [0, 0.05) is 5.75 Å². The van der Waals surface area contributed by atoms with Crippen LogP contribution >= 0.6 is 11.8 Å². The maximum atomic E-state index is 13.0. The molecule has 4 nitrogen and oxygen atoms in total. The highest BCUT2D eigenvalue weighted by atomic mass is 32.2. The third-order valence-electron chi connectivity index (χ3n) is 4.41. The molecule has 3 atom stereocenters. The second kappa shape index (κ2) is 5.12. The number of nitriles is 1. The Morgan fingerprint density at radius 1 is 1.22 bits per heavy atom. The first-order valence-electron chi connectivity index (χ1n) is 7.29. The maximum Gasteiger partial charge on any atom is 0.214 e. The van der Waals surface area contributed by atoms with Crippen molar-refractivity contribution in [3.63, 3.8) is 0 Å². The highest BCUT2D eigenvalue weighted by Gasteiger charge is 2.62. The molecule has 2 aromatic carbocycles. The minimum atomic E-state index is -1.28. The molecule has 2 aliphatic heterocycles. The molecule has 2 aliphatic rings. The van der Waals surface area contributed by atoms with Gasteiger partial charge in [-0.2, -0.15) is 5.26 Å². The Hall–Kier alpha value is -2.29. The number of aliphatic hydroxyl groups excluding tert-OH is 1. The van der Waals surface area contributed by atoms with Crippen LogP contribution in [0, 0.1) is 11.3 Å². The predicted molar refractivity (Wildman–Crippen MR) is 86.5 cm³/mol. The Balaban J connectivity index is 1.80. The molecule has 0 bridgehead atoms. The average molecular weight is 323 g/mol. The van der Waals surface area contributed by atoms with Crippen molar-refractivity contribution in [2.45, 2.75) is 17.0 Å². The molecule has 23 heavy (non-hydrogen) atoms. The lowest BCUT2D eigenvalue weighted by molar-refractivity contribution is -0.00800. The Kier molecular flexibility index (Phi) is 3.19. The van der Waals surface area contributed by atoms with E-state index in [2.05, 4.69) is 6.07 Å². The molecule has 0 aromatic heterocycles. The number of thioether (sulfide) groups is 1. The minimum absolute atomic E-state index is 0.167. The van der Waals surface area contributed by atoms with Crippen molar-refractivity contribution in [1.82, 2.24) is 0 Å². The number of Topliss-reactive ketones (excluding diaryl/α,β-unsaturated/α-hetero) is 1. The summed E-state index contributed by atoms with van der Waals surface area (Å²) in [5, 5.41) is 19.2. The fourth-order valence-electron chi connectivity index (χ4n) is 3.26. The number of ketones is 1. The summed E-state index contributed by atoms with van der Waals surface area (Å²) in [5.74, 6) is 0.794. The van der Waals surface area contributed by atoms with E-state index in [1.165, 1.54) is 11.8 Å². The number of ether oxygens (including phenoxy) is 1. The molecule has 1 fully saturated rings. The van der Waals surface area contributed by atoms with Crippen LogP contribution in [0.3, 0.4) is 0 Å². The van der Waals surface area contributed by atoms with E-state index in [9.17, 15) is 9.90 Å². The fraction of sp³-hybridized carbons (Fsp3) is 0.222. The van der Waals surface area contributed by atoms with E-state index >= 15 is 0 Å². The summed E-state index contributed by atoms with van der Waals surface area (Å²) in [6, 6.07) is 16.3. The van der Waals surface area contributed by atoms with Crippen LogP contribution in [0.25, 0.3) is 0 Å². The van der Waals surface area contributed by atoms with Gasteiger partial charge in [-0.15, -0.1) is 11.8 Å². The molecule has 4 rings (SSSR count). The van der Waals surface area contributed by atoms with Crippen molar-refractivity contribution >= 4 is 17.5 Å². The Bertz CT molecular complexity index is 827. The number of benzene rings is 2. The van der Waals surface area contributed by atoms with Crippen LogP contribution in [0.5, 0.6) is 5.75 Å². The molecule has 2 aromatic rings. The van der Waals surface area contributed by atoms with Gasteiger partial charge in [-0.25, -0.2) is 0 Å². The summed E-state index contributed by atoms with van der Waals surface area (Å²) >= 11 is 1.51. The zero-order valence-corrected chi connectivity index (χ0v) is 12.9. The summed E-state index contributed by atoms with van der Waals surface area (Å²) in [6.07, 6.45) is -0.868. The van der Waals surface area contributed by atoms with E-state index in [1.54, 1.807) is 30.3 Å².